The molecule has 11 heavy (non-hydrogen) atoms. The van der Waals surface area contributed by atoms with Crippen molar-refractivity contribution in [3.63, 3.8) is 0 Å². The van der Waals surface area contributed by atoms with Crippen molar-refractivity contribution in [2.45, 2.75) is 31.7 Å². The molecule has 1 aromatic heterocycles. The van der Waals surface area contributed by atoms with Crippen LogP contribution in [0.3, 0.4) is 0 Å². The van der Waals surface area contributed by atoms with E-state index in [4.69, 9.17) is 10.2 Å². The summed E-state index contributed by atoms with van der Waals surface area (Å²) in [5.41, 5.74) is 7.16. The molecule has 1 aromatic rings. The largest absolute Gasteiger partial charge is 0.469 e. The topological polar surface area (TPSA) is 39.2 Å². The number of fused-ring (bicyclic) bond motifs is 1. The van der Waals surface area contributed by atoms with Crippen LogP contribution in [0.5, 0.6) is 0 Å². The standard InChI is InChI=1S/C9H13NO/c1-6(10)7-2-3-9-8(7)4-5-11-9/h4-7H,2-3,10H2,1H3. The summed E-state index contributed by atoms with van der Waals surface area (Å²) in [7, 11) is 0. The first-order chi connectivity index (χ1) is 5.29. The van der Waals surface area contributed by atoms with Gasteiger partial charge in [-0.05, 0) is 25.0 Å². The second-order valence-electron chi connectivity index (χ2n) is 3.30. The summed E-state index contributed by atoms with van der Waals surface area (Å²) in [5, 5.41) is 0. The number of rotatable bonds is 1. The van der Waals surface area contributed by atoms with Gasteiger partial charge in [0.15, 0.2) is 0 Å². The molecule has 0 radical (unpaired) electrons. The molecule has 0 aliphatic heterocycles. The van der Waals surface area contributed by atoms with Crippen molar-refractivity contribution in [1.82, 2.24) is 0 Å². The summed E-state index contributed by atoms with van der Waals surface area (Å²) in [5.74, 6) is 1.68. The highest BCUT2D eigenvalue weighted by molar-refractivity contribution is 5.28. The third-order valence-corrected chi connectivity index (χ3v) is 2.50. The third-order valence-electron chi connectivity index (χ3n) is 2.50. The van der Waals surface area contributed by atoms with Gasteiger partial charge in [-0.15, -0.1) is 0 Å². The number of hydrogen-bond donors (Lipinski definition) is 1. The Morgan fingerprint density at radius 2 is 2.55 bits per heavy atom. The predicted octanol–water partition coefficient (Wildman–Crippen LogP) is 1.66. The Labute approximate surface area is 66.4 Å². The molecule has 0 fully saturated rings. The van der Waals surface area contributed by atoms with E-state index in [0.29, 0.717) is 5.92 Å². The van der Waals surface area contributed by atoms with Crippen LogP contribution in [0.4, 0.5) is 0 Å². The Morgan fingerprint density at radius 3 is 3.27 bits per heavy atom. The van der Waals surface area contributed by atoms with Crippen LogP contribution in [0, 0.1) is 0 Å². The van der Waals surface area contributed by atoms with Gasteiger partial charge in [0.1, 0.15) is 5.76 Å². The molecule has 2 heteroatoms. The summed E-state index contributed by atoms with van der Waals surface area (Å²) < 4.78 is 5.30. The highest BCUT2D eigenvalue weighted by atomic mass is 16.3. The molecule has 1 heterocycles. The molecule has 2 atom stereocenters. The molecule has 60 valence electrons. The van der Waals surface area contributed by atoms with Crippen LogP contribution in [0.25, 0.3) is 0 Å². The number of aryl methyl sites for hydroxylation is 1. The zero-order valence-corrected chi connectivity index (χ0v) is 6.71. The second-order valence-corrected chi connectivity index (χ2v) is 3.30. The van der Waals surface area contributed by atoms with E-state index in [1.165, 1.54) is 5.56 Å². The summed E-state index contributed by atoms with van der Waals surface area (Å²) in [4.78, 5) is 0. The van der Waals surface area contributed by atoms with Gasteiger partial charge >= 0.3 is 0 Å². The smallest absolute Gasteiger partial charge is 0.107 e. The van der Waals surface area contributed by atoms with Crippen LogP contribution in [0.2, 0.25) is 0 Å². The lowest BCUT2D eigenvalue weighted by molar-refractivity contribution is 0.509. The number of furan rings is 1. The Morgan fingerprint density at radius 1 is 1.73 bits per heavy atom. The lowest BCUT2D eigenvalue weighted by atomic mass is 9.97. The summed E-state index contributed by atoms with van der Waals surface area (Å²) >= 11 is 0. The monoisotopic (exact) mass is 151 g/mol. The zero-order valence-electron chi connectivity index (χ0n) is 6.71. The number of hydrogen-bond acceptors (Lipinski definition) is 2. The molecule has 2 unspecified atom stereocenters. The molecule has 0 saturated heterocycles. The van der Waals surface area contributed by atoms with E-state index >= 15 is 0 Å². The molecule has 0 amide bonds. The number of nitrogens with two attached hydrogens (primary N) is 1. The van der Waals surface area contributed by atoms with Crippen molar-refractivity contribution in [3.8, 4) is 0 Å². The fraction of sp³-hybridized carbons (Fsp3) is 0.556. The van der Waals surface area contributed by atoms with Gasteiger partial charge in [-0.3, -0.25) is 0 Å². The minimum atomic E-state index is 0.258. The molecule has 2 nitrogen and oxygen atoms in total. The minimum absolute atomic E-state index is 0.258. The van der Waals surface area contributed by atoms with Gasteiger partial charge in [-0.1, -0.05) is 0 Å². The van der Waals surface area contributed by atoms with E-state index in [1.54, 1.807) is 6.26 Å². The van der Waals surface area contributed by atoms with Crippen LogP contribution in [-0.2, 0) is 6.42 Å². The minimum Gasteiger partial charge on any atom is -0.469 e. The first-order valence-electron chi connectivity index (χ1n) is 4.11. The van der Waals surface area contributed by atoms with Crippen molar-refractivity contribution < 1.29 is 4.42 Å². The van der Waals surface area contributed by atoms with E-state index < -0.39 is 0 Å². The Bertz CT molecular complexity index is 252. The molecule has 1 aliphatic carbocycles. The molecular formula is C9H13NO. The predicted molar refractivity (Wildman–Crippen MR) is 43.4 cm³/mol. The van der Waals surface area contributed by atoms with E-state index in [-0.39, 0.29) is 6.04 Å². The molecule has 2 N–H and O–H groups in total. The first-order valence-corrected chi connectivity index (χ1v) is 4.11. The van der Waals surface area contributed by atoms with Crippen molar-refractivity contribution in [2.24, 2.45) is 5.73 Å². The maximum Gasteiger partial charge on any atom is 0.107 e. The summed E-state index contributed by atoms with van der Waals surface area (Å²) in [6.45, 7) is 2.06. The molecule has 0 aromatic carbocycles. The van der Waals surface area contributed by atoms with Crippen LogP contribution in [-0.4, -0.2) is 6.04 Å². The van der Waals surface area contributed by atoms with E-state index in [9.17, 15) is 0 Å². The third kappa shape index (κ3) is 0.979. The zero-order chi connectivity index (χ0) is 7.84. The average molecular weight is 151 g/mol. The van der Waals surface area contributed by atoms with Crippen LogP contribution in [0.1, 0.15) is 30.6 Å². The quantitative estimate of drug-likeness (QED) is 0.663. The highest BCUT2D eigenvalue weighted by Gasteiger charge is 2.27. The van der Waals surface area contributed by atoms with Gasteiger partial charge in [0.25, 0.3) is 0 Å². The Hall–Kier alpha value is -0.760. The SMILES string of the molecule is CC(N)C1CCc2occc21. The Kier molecular flexibility index (Phi) is 1.50. The van der Waals surface area contributed by atoms with Gasteiger partial charge in [-0.2, -0.15) is 0 Å². The first kappa shape index (κ1) is 6.92. The van der Waals surface area contributed by atoms with Crippen LogP contribution >= 0.6 is 0 Å². The highest BCUT2D eigenvalue weighted by Crippen LogP contribution is 2.35. The summed E-state index contributed by atoms with van der Waals surface area (Å²) in [6, 6.07) is 2.31. The lowest BCUT2D eigenvalue weighted by Crippen LogP contribution is -2.22. The van der Waals surface area contributed by atoms with Gasteiger partial charge in [0.05, 0.1) is 6.26 Å². The second kappa shape index (κ2) is 2.38. The fourth-order valence-corrected chi connectivity index (χ4v) is 1.87. The van der Waals surface area contributed by atoms with Gasteiger partial charge in [0.2, 0.25) is 0 Å². The molecular weight excluding hydrogens is 138 g/mol. The van der Waals surface area contributed by atoms with E-state index in [0.717, 1.165) is 18.6 Å². The normalized spacial score (nSPS) is 25.1. The van der Waals surface area contributed by atoms with Gasteiger partial charge in [-0.25, -0.2) is 0 Å². The van der Waals surface area contributed by atoms with Crippen molar-refractivity contribution in [3.05, 3.63) is 23.7 Å². The van der Waals surface area contributed by atoms with E-state index in [2.05, 4.69) is 13.0 Å². The fourth-order valence-electron chi connectivity index (χ4n) is 1.87. The molecule has 1 aliphatic rings. The molecule has 0 spiro atoms. The molecule has 0 saturated carbocycles. The van der Waals surface area contributed by atoms with Crippen molar-refractivity contribution >= 4 is 0 Å². The average Bonchev–Trinajstić information content (AvgIpc) is 2.41. The van der Waals surface area contributed by atoms with Gasteiger partial charge < -0.3 is 10.2 Å². The van der Waals surface area contributed by atoms with Gasteiger partial charge in [0, 0.05) is 18.4 Å². The Balaban J connectivity index is 2.31. The van der Waals surface area contributed by atoms with E-state index in [1.807, 2.05) is 0 Å². The molecule has 2 rings (SSSR count). The van der Waals surface area contributed by atoms with Crippen LogP contribution < -0.4 is 5.73 Å². The molecule has 0 bridgehead atoms. The lowest BCUT2D eigenvalue weighted by Gasteiger charge is -2.12. The van der Waals surface area contributed by atoms with Crippen molar-refractivity contribution in [1.29, 1.82) is 0 Å². The van der Waals surface area contributed by atoms with Crippen molar-refractivity contribution in [2.75, 3.05) is 0 Å². The van der Waals surface area contributed by atoms with Crippen LogP contribution in [0.15, 0.2) is 16.7 Å². The summed E-state index contributed by atoms with van der Waals surface area (Å²) in [6.07, 6.45) is 3.99. The maximum atomic E-state index is 5.83. The maximum absolute atomic E-state index is 5.83.